The van der Waals surface area contributed by atoms with Crippen molar-refractivity contribution in [1.29, 1.82) is 0 Å². The van der Waals surface area contributed by atoms with Crippen molar-refractivity contribution >= 4 is 11.7 Å². The zero-order chi connectivity index (χ0) is 17.8. The fourth-order valence-corrected chi connectivity index (χ4v) is 3.00. The maximum atomic E-state index is 11.4. The van der Waals surface area contributed by atoms with E-state index >= 15 is 0 Å². The summed E-state index contributed by atoms with van der Waals surface area (Å²) in [6.07, 6.45) is 1.64. The highest BCUT2D eigenvalue weighted by molar-refractivity contribution is 5.86. The maximum absolute atomic E-state index is 11.4. The number of methoxy groups -OCH3 is 1. The van der Waals surface area contributed by atoms with Gasteiger partial charge in [-0.2, -0.15) is 0 Å². The molecule has 134 valence electrons. The molecule has 0 saturated carbocycles. The van der Waals surface area contributed by atoms with Crippen molar-refractivity contribution in [3.63, 3.8) is 0 Å². The number of aryl methyl sites for hydroxylation is 2. The van der Waals surface area contributed by atoms with Crippen LogP contribution in [0.5, 0.6) is 0 Å². The maximum Gasteiger partial charge on any atom is 0.360 e. The monoisotopic (exact) mass is 343 g/mol. The van der Waals surface area contributed by atoms with Crippen LogP contribution in [-0.2, 0) is 11.3 Å². The summed E-state index contributed by atoms with van der Waals surface area (Å²) in [6, 6.07) is 6.68. The van der Waals surface area contributed by atoms with Crippen molar-refractivity contribution in [2.24, 2.45) is 0 Å². The smallest absolute Gasteiger partial charge is 0.360 e. The summed E-state index contributed by atoms with van der Waals surface area (Å²) >= 11 is 0. The van der Waals surface area contributed by atoms with Gasteiger partial charge in [-0.1, -0.05) is 11.3 Å². The summed E-state index contributed by atoms with van der Waals surface area (Å²) in [4.78, 5) is 16.2. The second-order valence-corrected chi connectivity index (χ2v) is 6.46. The summed E-state index contributed by atoms with van der Waals surface area (Å²) in [5.41, 5.74) is 4.23. The molecular weight excluding hydrogens is 318 g/mol. The van der Waals surface area contributed by atoms with Crippen LogP contribution in [0.2, 0.25) is 0 Å². The van der Waals surface area contributed by atoms with E-state index < -0.39 is 5.97 Å². The molecule has 1 aromatic carbocycles. The van der Waals surface area contributed by atoms with E-state index in [4.69, 9.17) is 0 Å². The molecule has 0 amide bonds. The quantitative estimate of drug-likeness (QED) is 0.767. The molecule has 25 heavy (non-hydrogen) atoms. The van der Waals surface area contributed by atoms with Gasteiger partial charge in [0.15, 0.2) is 5.69 Å². The van der Waals surface area contributed by atoms with Crippen LogP contribution in [0.1, 0.15) is 21.6 Å². The molecule has 0 radical (unpaired) electrons. The van der Waals surface area contributed by atoms with Gasteiger partial charge in [0.2, 0.25) is 0 Å². The number of hydrogen-bond donors (Lipinski definition) is 0. The van der Waals surface area contributed by atoms with E-state index in [9.17, 15) is 4.79 Å². The Hall–Kier alpha value is -2.41. The van der Waals surface area contributed by atoms with Crippen LogP contribution in [0.15, 0.2) is 24.4 Å². The minimum Gasteiger partial charge on any atom is -0.464 e. The van der Waals surface area contributed by atoms with E-state index in [2.05, 4.69) is 56.9 Å². The highest BCUT2D eigenvalue weighted by atomic mass is 16.5. The molecule has 0 unspecified atom stereocenters. The number of esters is 1. The van der Waals surface area contributed by atoms with Crippen molar-refractivity contribution in [3.8, 4) is 0 Å². The third kappa shape index (κ3) is 4.17. The summed E-state index contributed by atoms with van der Waals surface area (Å²) < 4.78 is 6.34. The average Bonchev–Trinajstić information content (AvgIpc) is 3.11. The third-order valence-electron chi connectivity index (χ3n) is 4.81. The molecule has 1 fully saturated rings. The Kier molecular flexibility index (Phi) is 5.33. The number of piperazine rings is 1. The number of nitrogens with zero attached hydrogens (tertiary/aromatic N) is 5. The second-order valence-electron chi connectivity index (χ2n) is 6.46. The largest absolute Gasteiger partial charge is 0.464 e. The molecule has 0 spiro atoms. The number of benzene rings is 1. The van der Waals surface area contributed by atoms with Gasteiger partial charge in [-0.15, -0.1) is 5.10 Å². The van der Waals surface area contributed by atoms with Crippen LogP contribution in [0, 0.1) is 13.8 Å². The fraction of sp³-hybridized carbons (Fsp3) is 0.500. The van der Waals surface area contributed by atoms with Gasteiger partial charge in [0.25, 0.3) is 0 Å². The van der Waals surface area contributed by atoms with Gasteiger partial charge in [-0.05, 0) is 37.1 Å². The van der Waals surface area contributed by atoms with Crippen LogP contribution in [0.3, 0.4) is 0 Å². The van der Waals surface area contributed by atoms with Gasteiger partial charge in [-0.3, -0.25) is 9.58 Å². The molecule has 1 aromatic heterocycles. The number of carbonyl (C=O) groups excluding carboxylic acids is 1. The molecule has 3 rings (SSSR count). The average molecular weight is 343 g/mol. The van der Waals surface area contributed by atoms with Crippen molar-refractivity contribution in [2.75, 3.05) is 44.7 Å². The van der Waals surface area contributed by atoms with Gasteiger partial charge < -0.3 is 9.64 Å². The van der Waals surface area contributed by atoms with Crippen LogP contribution in [0.4, 0.5) is 5.69 Å². The van der Waals surface area contributed by atoms with Gasteiger partial charge in [-0.25, -0.2) is 4.79 Å². The van der Waals surface area contributed by atoms with Crippen LogP contribution >= 0.6 is 0 Å². The lowest BCUT2D eigenvalue weighted by molar-refractivity contribution is 0.0594. The molecule has 7 nitrogen and oxygen atoms in total. The van der Waals surface area contributed by atoms with E-state index in [1.807, 2.05) is 0 Å². The Morgan fingerprint density at radius 2 is 1.88 bits per heavy atom. The lowest BCUT2D eigenvalue weighted by Gasteiger charge is -2.36. The molecular formula is C18H25N5O2. The van der Waals surface area contributed by atoms with Crippen molar-refractivity contribution < 1.29 is 9.53 Å². The number of hydrogen-bond acceptors (Lipinski definition) is 6. The minimum atomic E-state index is -0.451. The molecule has 0 aliphatic carbocycles. The van der Waals surface area contributed by atoms with E-state index in [1.165, 1.54) is 23.9 Å². The standard InChI is InChI=1S/C18H25N5O2/c1-14-4-5-16(12-15(14)2)22-9-6-21(7-10-22)8-11-23-13-17(19-20-23)18(24)25-3/h4-5,12-13H,6-11H2,1-3H3. The predicted octanol–water partition coefficient (Wildman–Crippen LogP) is 1.50. The van der Waals surface area contributed by atoms with Gasteiger partial charge >= 0.3 is 5.97 Å². The molecule has 2 heterocycles. The van der Waals surface area contributed by atoms with E-state index in [1.54, 1.807) is 10.9 Å². The summed E-state index contributed by atoms with van der Waals surface area (Å²) in [6.45, 7) is 10.00. The first-order valence-corrected chi connectivity index (χ1v) is 8.60. The van der Waals surface area contributed by atoms with Crippen molar-refractivity contribution in [2.45, 2.75) is 20.4 Å². The summed E-state index contributed by atoms with van der Waals surface area (Å²) in [5.74, 6) is -0.451. The first-order valence-electron chi connectivity index (χ1n) is 8.60. The summed E-state index contributed by atoms with van der Waals surface area (Å²) in [5, 5.41) is 7.81. The third-order valence-corrected chi connectivity index (χ3v) is 4.81. The van der Waals surface area contributed by atoms with E-state index in [0.29, 0.717) is 6.54 Å². The fourth-order valence-electron chi connectivity index (χ4n) is 3.00. The zero-order valence-electron chi connectivity index (χ0n) is 15.1. The normalized spacial score (nSPS) is 15.4. The number of anilines is 1. The van der Waals surface area contributed by atoms with Crippen LogP contribution in [0.25, 0.3) is 0 Å². The molecule has 7 heteroatoms. The SMILES string of the molecule is COC(=O)c1cn(CCN2CCN(c3ccc(C)c(C)c3)CC2)nn1. The van der Waals surface area contributed by atoms with E-state index in [-0.39, 0.29) is 5.69 Å². The zero-order valence-corrected chi connectivity index (χ0v) is 15.1. The Labute approximate surface area is 148 Å². The second kappa shape index (κ2) is 7.65. The number of ether oxygens (including phenoxy) is 1. The van der Waals surface area contributed by atoms with E-state index in [0.717, 1.165) is 32.7 Å². The topological polar surface area (TPSA) is 63.5 Å². The lowest BCUT2D eigenvalue weighted by atomic mass is 10.1. The van der Waals surface area contributed by atoms with Gasteiger partial charge in [0, 0.05) is 38.4 Å². The molecule has 0 N–H and O–H groups in total. The molecule has 1 saturated heterocycles. The molecule has 0 bridgehead atoms. The van der Waals surface area contributed by atoms with Crippen molar-refractivity contribution in [3.05, 3.63) is 41.2 Å². The summed E-state index contributed by atoms with van der Waals surface area (Å²) in [7, 11) is 1.34. The number of carbonyl (C=O) groups is 1. The lowest BCUT2D eigenvalue weighted by Crippen LogP contribution is -2.47. The number of aromatic nitrogens is 3. The number of rotatable bonds is 5. The minimum absolute atomic E-state index is 0.252. The van der Waals surface area contributed by atoms with Crippen LogP contribution in [-0.4, -0.2) is 65.7 Å². The molecule has 1 aliphatic rings. The Balaban J connectivity index is 1.48. The highest BCUT2D eigenvalue weighted by Gasteiger charge is 2.18. The van der Waals surface area contributed by atoms with Gasteiger partial charge in [0.1, 0.15) is 0 Å². The molecule has 1 aliphatic heterocycles. The Bertz CT molecular complexity index is 735. The molecule has 0 atom stereocenters. The van der Waals surface area contributed by atoms with Crippen LogP contribution < -0.4 is 4.90 Å². The first-order chi connectivity index (χ1) is 12.1. The Morgan fingerprint density at radius 1 is 1.12 bits per heavy atom. The van der Waals surface area contributed by atoms with Gasteiger partial charge in [0.05, 0.1) is 19.9 Å². The predicted molar refractivity (Wildman–Crippen MR) is 95.9 cm³/mol. The van der Waals surface area contributed by atoms with Crippen molar-refractivity contribution in [1.82, 2.24) is 19.9 Å². The first kappa shape index (κ1) is 17.4. The highest BCUT2D eigenvalue weighted by Crippen LogP contribution is 2.20. The Morgan fingerprint density at radius 3 is 2.56 bits per heavy atom. The molecule has 2 aromatic rings.